The Labute approximate surface area is 88.4 Å². The average Bonchev–Trinajstić information content (AvgIpc) is 2.23. The zero-order valence-corrected chi connectivity index (χ0v) is 8.63. The topological polar surface area (TPSA) is 38.5 Å². The molecule has 0 atom stereocenters. The van der Waals surface area contributed by atoms with Gasteiger partial charge >= 0.3 is 0 Å². The lowest BCUT2D eigenvalue weighted by atomic mass is 10.2. The second-order valence-corrected chi connectivity index (χ2v) is 3.72. The van der Waals surface area contributed by atoms with Crippen LogP contribution in [0.3, 0.4) is 0 Å². The van der Waals surface area contributed by atoms with Crippen molar-refractivity contribution in [3.8, 4) is 0 Å². The molecule has 0 spiro atoms. The van der Waals surface area contributed by atoms with Gasteiger partial charge in [-0.25, -0.2) is 0 Å². The third kappa shape index (κ3) is 1.94. The average molecular weight is 213 g/mol. The number of hydrogen-bond acceptors (Lipinski definition) is 3. The van der Waals surface area contributed by atoms with E-state index in [0.29, 0.717) is 0 Å². The standard InChI is InChI=1S/C10H13ClN2O/c11-9-2-1-8(12)7-10(9)13-3-5-14-6-4-13/h1-2,7H,3-6,12H2. The van der Waals surface area contributed by atoms with Gasteiger partial charge in [0.05, 0.1) is 23.9 Å². The van der Waals surface area contributed by atoms with E-state index >= 15 is 0 Å². The number of nitrogens with zero attached hydrogens (tertiary/aromatic N) is 1. The van der Waals surface area contributed by atoms with Gasteiger partial charge in [-0.15, -0.1) is 0 Å². The van der Waals surface area contributed by atoms with E-state index in [4.69, 9.17) is 22.1 Å². The van der Waals surface area contributed by atoms with E-state index in [1.165, 1.54) is 0 Å². The van der Waals surface area contributed by atoms with E-state index in [0.717, 1.165) is 42.7 Å². The second kappa shape index (κ2) is 4.07. The summed E-state index contributed by atoms with van der Waals surface area (Å²) in [5, 5.41) is 0.751. The number of benzene rings is 1. The minimum absolute atomic E-state index is 0.746. The first-order valence-electron chi connectivity index (χ1n) is 4.65. The van der Waals surface area contributed by atoms with E-state index in [9.17, 15) is 0 Å². The van der Waals surface area contributed by atoms with Crippen LogP contribution in [0.4, 0.5) is 11.4 Å². The minimum Gasteiger partial charge on any atom is -0.399 e. The van der Waals surface area contributed by atoms with Crippen LogP contribution in [0.15, 0.2) is 18.2 Å². The molecule has 0 unspecified atom stereocenters. The molecular weight excluding hydrogens is 200 g/mol. The molecule has 1 aromatic carbocycles. The van der Waals surface area contributed by atoms with Gasteiger partial charge in [0.2, 0.25) is 0 Å². The molecule has 2 N–H and O–H groups in total. The highest BCUT2D eigenvalue weighted by Crippen LogP contribution is 2.28. The van der Waals surface area contributed by atoms with Gasteiger partial charge in [0.25, 0.3) is 0 Å². The van der Waals surface area contributed by atoms with Crippen molar-refractivity contribution in [3.63, 3.8) is 0 Å². The van der Waals surface area contributed by atoms with Gasteiger partial charge < -0.3 is 15.4 Å². The number of ether oxygens (including phenoxy) is 1. The molecular formula is C10H13ClN2O. The Hall–Kier alpha value is -0.930. The predicted octanol–water partition coefficient (Wildman–Crippen LogP) is 1.76. The number of hydrogen-bond donors (Lipinski definition) is 1. The van der Waals surface area contributed by atoms with Crippen molar-refractivity contribution in [3.05, 3.63) is 23.2 Å². The molecule has 0 bridgehead atoms. The Kier molecular flexibility index (Phi) is 2.79. The summed E-state index contributed by atoms with van der Waals surface area (Å²) in [6.45, 7) is 3.27. The predicted molar refractivity (Wildman–Crippen MR) is 58.9 cm³/mol. The van der Waals surface area contributed by atoms with Crippen LogP contribution in [-0.2, 0) is 4.74 Å². The number of anilines is 2. The molecule has 1 saturated heterocycles. The largest absolute Gasteiger partial charge is 0.399 e. The van der Waals surface area contributed by atoms with Crippen LogP contribution in [0.1, 0.15) is 0 Å². The van der Waals surface area contributed by atoms with Gasteiger partial charge in [0, 0.05) is 18.8 Å². The van der Waals surface area contributed by atoms with Crippen LogP contribution in [0.2, 0.25) is 5.02 Å². The number of nitrogens with two attached hydrogens (primary N) is 1. The molecule has 2 rings (SSSR count). The van der Waals surface area contributed by atoms with Crippen LogP contribution in [0.5, 0.6) is 0 Å². The lowest BCUT2D eigenvalue weighted by Crippen LogP contribution is -2.36. The van der Waals surface area contributed by atoms with Crippen molar-refractivity contribution in [2.45, 2.75) is 0 Å². The highest BCUT2D eigenvalue weighted by Gasteiger charge is 2.13. The maximum Gasteiger partial charge on any atom is 0.0642 e. The molecule has 4 heteroatoms. The second-order valence-electron chi connectivity index (χ2n) is 3.31. The molecule has 0 aliphatic carbocycles. The maximum absolute atomic E-state index is 6.09. The monoisotopic (exact) mass is 212 g/mol. The quantitative estimate of drug-likeness (QED) is 0.721. The van der Waals surface area contributed by atoms with Crippen molar-refractivity contribution >= 4 is 23.0 Å². The Morgan fingerprint density at radius 2 is 2.00 bits per heavy atom. The smallest absolute Gasteiger partial charge is 0.0642 e. The molecule has 0 radical (unpaired) electrons. The fraction of sp³-hybridized carbons (Fsp3) is 0.400. The number of halogens is 1. The Morgan fingerprint density at radius 1 is 1.29 bits per heavy atom. The number of rotatable bonds is 1. The zero-order valence-electron chi connectivity index (χ0n) is 7.87. The molecule has 1 aromatic rings. The maximum atomic E-state index is 6.09. The summed E-state index contributed by atoms with van der Waals surface area (Å²) < 4.78 is 5.28. The highest BCUT2D eigenvalue weighted by atomic mass is 35.5. The van der Waals surface area contributed by atoms with Gasteiger partial charge in [-0.1, -0.05) is 11.6 Å². The van der Waals surface area contributed by atoms with Crippen molar-refractivity contribution in [2.24, 2.45) is 0 Å². The van der Waals surface area contributed by atoms with E-state index in [-0.39, 0.29) is 0 Å². The SMILES string of the molecule is Nc1ccc(Cl)c(N2CCOCC2)c1. The van der Waals surface area contributed by atoms with Crippen LogP contribution in [0.25, 0.3) is 0 Å². The van der Waals surface area contributed by atoms with Gasteiger partial charge in [-0.3, -0.25) is 0 Å². The van der Waals surface area contributed by atoms with E-state index in [2.05, 4.69) is 4.90 Å². The Balaban J connectivity index is 2.24. The highest BCUT2D eigenvalue weighted by molar-refractivity contribution is 6.33. The molecule has 1 heterocycles. The minimum atomic E-state index is 0.746. The number of morpholine rings is 1. The first kappa shape index (κ1) is 9.62. The lowest BCUT2D eigenvalue weighted by molar-refractivity contribution is 0.122. The molecule has 14 heavy (non-hydrogen) atoms. The molecule has 76 valence electrons. The van der Waals surface area contributed by atoms with Crippen molar-refractivity contribution in [2.75, 3.05) is 36.9 Å². The van der Waals surface area contributed by atoms with Gasteiger partial charge in [-0.2, -0.15) is 0 Å². The fourth-order valence-electron chi connectivity index (χ4n) is 1.58. The number of nitrogen functional groups attached to an aromatic ring is 1. The van der Waals surface area contributed by atoms with E-state index in [1.807, 2.05) is 18.2 Å². The van der Waals surface area contributed by atoms with E-state index < -0.39 is 0 Å². The molecule has 1 fully saturated rings. The Bertz CT molecular complexity index is 324. The summed E-state index contributed by atoms with van der Waals surface area (Å²) in [5.41, 5.74) is 7.47. The Morgan fingerprint density at radius 3 is 2.71 bits per heavy atom. The summed E-state index contributed by atoms with van der Waals surface area (Å²) in [6, 6.07) is 5.56. The first-order chi connectivity index (χ1) is 6.77. The third-order valence-corrected chi connectivity index (χ3v) is 2.64. The lowest BCUT2D eigenvalue weighted by Gasteiger charge is -2.29. The molecule has 3 nitrogen and oxygen atoms in total. The normalized spacial score (nSPS) is 17.1. The first-order valence-corrected chi connectivity index (χ1v) is 5.03. The molecule has 0 amide bonds. The van der Waals surface area contributed by atoms with Crippen LogP contribution in [-0.4, -0.2) is 26.3 Å². The van der Waals surface area contributed by atoms with Gasteiger partial charge in [0.1, 0.15) is 0 Å². The summed E-state index contributed by atoms with van der Waals surface area (Å²) in [6.07, 6.45) is 0. The summed E-state index contributed by atoms with van der Waals surface area (Å²) in [7, 11) is 0. The summed E-state index contributed by atoms with van der Waals surface area (Å²) in [4.78, 5) is 2.20. The van der Waals surface area contributed by atoms with Crippen molar-refractivity contribution in [1.82, 2.24) is 0 Å². The van der Waals surface area contributed by atoms with Crippen LogP contribution in [0, 0.1) is 0 Å². The molecule has 1 aliphatic heterocycles. The van der Waals surface area contributed by atoms with Crippen molar-refractivity contribution < 1.29 is 4.74 Å². The summed E-state index contributed by atoms with van der Waals surface area (Å²) in [5.74, 6) is 0. The fourth-order valence-corrected chi connectivity index (χ4v) is 1.81. The van der Waals surface area contributed by atoms with Crippen LogP contribution < -0.4 is 10.6 Å². The van der Waals surface area contributed by atoms with Crippen LogP contribution >= 0.6 is 11.6 Å². The molecule has 0 aromatic heterocycles. The summed E-state index contributed by atoms with van der Waals surface area (Å²) >= 11 is 6.09. The van der Waals surface area contributed by atoms with Gasteiger partial charge in [-0.05, 0) is 18.2 Å². The molecule has 0 saturated carbocycles. The van der Waals surface area contributed by atoms with Crippen molar-refractivity contribution in [1.29, 1.82) is 0 Å². The van der Waals surface area contributed by atoms with Gasteiger partial charge in [0.15, 0.2) is 0 Å². The van der Waals surface area contributed by atoms with E-state index in [1.54, 1.807) is 0 Å². The third-order valence-electron chi connectivity index (χ3n) is 2.32. The molecule has 1 aliphatic rings. The zero-order chi connectivity index (χ0) is 9.97.